The molecule has 100 valence electrons. The van der Waals surface area contributed by atoms with E-state index in [-0.39, 0.29) is 0 Å². The minimum Gasteiger partial charge on any atom is -0.346 e. The van der Waals surface area contributed by atoms with Crippen molar-refractivity contribution >= 4 is 12.5 Å². The molecule has 0 atom stereocenters. The van der Waals surface area contributed by atoms with Crippen LogP contribution >= 0.6 is 0 Å². The maximum atomic E-state index is 4.51. The van der Waals surface area contributed by atoms with Crippen LogP contribution in [-0.2, 0) is 0 Å². The zero-order valence-corrected chi connectivity index (χ0v) is 11.4. The minimum absolute atomic E-state index is 0.581. The number of rotatable bonds is 3. The third-order valence-electron chi connectivity index (χ3n) is 4.08. The van der Waals surface area contributed by atoms with E-state index >= 15 is 0 Å². The van der Waals surface area contributed by atoms with Crippen LogP contribution in [0.15, 0.2) is 23.6 Å². The molecule has 1 N–H and O–H groups in total. The van der Waals surface area contributed by atoms with Gasteiger partial charge in [0.05, 0.1) is 17.7 Å². The summed E-state index contributed by atoms with van der Waals surface area (Å²) in [6, 6.07) is 2.64. The molecular formula is C15H20N4. The minimum atomic E-state index is 0.581. The number of aryl methyl sites for hydroxylation is 1. The lowest BCUT2D eigenvalue weighted by Crippen LogP contribution is -2.13. The number of aliphatic imine (C=N–C) groups is 1. The van der Waals surface area contributed by atoms with E-state index in [2.05, 4.69) is 39.2 Å². The summed E-state index contributed by atoms with van der Waals surface area (Å²) < 4.78 is 2.34. The topological polar surface area (TPSA) is 46.0 Å². The molecule has 0 bridgehead atoms. The van der Waals surface area contributed by atoms with Crippen LogP contribution in [0.4, 0.5) is 5.82 Å². The summed E-state index contributed by atoms with van der Waals surface area (Å²) in [4.78, 5) is 11.7. The molecular weight excluding hydrogens is 236 g/mol. The Hall–Kier alpha value is -1.84. The Bertz CT molecular complexity index is 573. The second kappa shape index (κ2) is 5.03. The largest absolute Gasteiger partial charge is 0.346 e. The van der Waals surface area contributed by atoms with Gasteiger partial charge in [-0.3, -0.25) is 0 Å². The van der Waals surface area contributed by atoms with Gasteiger partial charge >= 0.3 is 0 Å². The molecule has 3 rings (SSSR count). The molecule has 0 aliphatic heterocycles. The molecule has 19 heavy (non-hydrogen) atoms. The molecule has 0 spiro atoms. The average Bonchev–Trinajstić information content (AvgIpc) is 3.05. The molecule has 0 radical (unpaired) electrons. The molecule has 1 aliphatic carbocycles. The second-order valence-electron chi connectivity index (χ2n) is 5.28. The lowest BCUT2D eigenvalue weighted by molar-refractivity contribution is 0.355. The molecule has 4 heteroatoms. The predicted octanol–water partition coefficient (Wildman–Crippen LogP) is 4.02. The van der Waals surface area contributed by atoms with E-state index < -0.39 is 0 Å². The Labute approximate surface area is 113 Å². The number of hydrogen-bond donors (Lipinski definition) is 1. The first-order chi connectivity index (χ1) is 9.31. The smallest absolute Gasteiger partial charge is 0.138 e. The van der Waals surface area contributed by atoms with Crippen molar-refractivity contribution in [3.8, 4) is 11.3 Å². The van der Waals surface area contributed by atoms with Crippen molar-refractivity contribution in [1.82, 2.24) is 14.5 Å². The van der Waals surface area contributed by atoms with Crippen LogP contribution in [0.3, 0.4) is 0 Å². The Kier molecular flexibility index (Phi) is 3.23. The fourth-order valence-electron chi connectivity index (χ4n) is 3.11. The van der Waals surface area contributed by atoms with E-state index in [0.717, 1.165) is 17.1 Å². The van der Waals surface area contributed by atoms with Crippen molar-refractivity contribution in [3.63, 3.8) is 0 Å². The van der Waals surface area contributed by atoms with Gasteiger partial charge in [-0.15, -0.1) is 0 Å². The van der Waals surface area contributed by atoms with Crippen molar-refractivity contribution in [3.05, 3.63) is 24.3 Å². The molecule has 2 heterocycles. The number of H-pyrrole nitrogens is 1. The first kappa shape index (κ1) is 12.2. The highest BCUT2D eigenvalue weighted by Gasteiger charge is 2.21. The number of aromatic amines is 1. The third-order valence-corrected chi connectivity index (χ3v) is 4.08. The molecule has 2 aromatic rings. The lowest BCUT2D eigenvalue weighted by Gasteiger charge is -2.25. The van der Waals surface area contributed by atoms with Gasteiger partial charge in [0.2, 0.25) is 0 Å². The Balaban J connectivity index is 2.05. The van der Waals surface area contributed by atoms with Gasteiger partial charge < -0.3 is 9.55 Å². The molecule has 4 nitrogen and oxygen atoms in total. The molecule has 0 aromatic carbocycles. The van der Waals surface area contributed by atoms with Crippen molar-refractivity contribution in [2.24, 2.45) is 4.99 Å². The first-order valence-electron chi connectivity index (χ1n) is 6.99. The molecule has 1 fully saturated rings. The maximum Gasteiger partial charge on any atom is 0.138 e. The summed E-state index contributed by atoms with van der Waals surface area (Å²) in [7, 11) is 0. The summed E-state index contributed by atoms with van der Waals surface area (Å²) >= 11 is 0. The number of aromatic nitrogens is 3. The van der Waals surface area contributed by atoms with Gasteiger partial charge in [-0.05, 0) is 32.5 Å². The Morgan fingerprint density at radius 2 is 2.16 bits per heavy atom. The quantitative estimate of drug-likeness (QED) is 0.828. The summed E-state index contributed by atoms with van der Waals surface area (Å²) in [5, 5.41) is 0. The monoisotopic (exact) mass is 256 g/mol. The number of hydrogen-bond acceptors (Lipinski definition) is 2. The highest BCUT2D eigenvalue weighted by molar-refractivity contribution is 5.74. The van der Waals surface area contributed by atoms with Gasteiger partial charge in [0.1, 0.15) is 5.82 Å². The standard InChI is InChI=1S/C15H20N4/c1-11-14(13-8-9-17-15(13)16-2)19(10-18-11)12-6-4-3-5-7-12/h8-10,12,17H,2-7H2,1H3. The van der Waals surface area contributed by atoms with E-state index in [1.807, 2.05) is 12.5 Å². The molecule has 1 aliphatic rings. The normalized spacial score (nSPS) is 16.7. The van der Waals surface area contributed by atoms with E-state index in [4.69, 9.17) is 0 Å². The summed E-state index contributed by atoms with van der Waals surface area (Å²) in [6.45, 7) is 5.70. The fourth-order valence-corrected chi connectivity index (χ4v) is 3.11. The SMILES string of the molecule is C=Nc1[nH]ccc1-c1c(C)ncn1C1CCCCC1. The third kappa shape index (κ3) is 2.11. The van der Waals surface area contributed by atoms with Crippen LogP contribution in [0.5, 0.6) is 0 Å². The van der Waals surface area contributed by atoms with E-state index in [0.29, 0.717) is 6.04 Å². The van der Waals surface area contributed by atoms with E-state index in [9.17, 15) is 0 Å². The van der Waals surface area contributed by atoms with Crippen molar-refractivity contribution in [2.75, 3.05) is 0 Å². The summed E-state index contributed by atoms with van der Waals surface area (Å²) in [5.41, 5.74) is 3.36. The fraction of sp³-hybridized carbons (Fsp3) is 0.467. The molecule has 0 saturated heterocycles. The van der Waals surface area contributed by atoms with Crippen LogP contribution in [0.2, 0.25) is 0 Å². The van der Waals surface area contributed by atoms with Gasteiger partial charge in [0.15, 0.2) is 0 Å². The highest BCUT2D eigenvalue weighted by Crippen LogP contribution is 2.36. The molecule has 0 unspecified atom stereocenters. The van der Waals surface area contributed by atoms with Crippen molar-refractivity contribution in [2.45, 2.75) is 45.1 Å². The van der Waals surface area contributed by atoms with Crippen molar-refractivity contribution < 1.29 is 0 Å². The van der Waals surface area contributed by atoms with Crippen LogP contribution in [0.25, 0.3) is 11.3 Å². The van der Waals surface area contributed by atoms with Crippen LogP contribution in [0.1, 0.15) is 43.8 Å². The van der Waals surface area contributed by atoms with E-state index in [1.54, 1.807) is 0 Å². The number of nitrogens with one attached hydrogen (secondary N) is 1. The zero-order valence-electron chi connectivity index (χ0n) is 11.4. The van der Waals surface area contributed by atoms with Crippen molar-refractivity contribution in [1.29, 1.82) is 0 Å². The Morgan fingerprint density at radius 3 is 2.89 bits per heavy atom. The van der Waals surface area contributed by atoms with Gasteiger partial charge in [0, 0.05) is 17.8 Å². The lowest BCUT2D eigenvalue weighted by atomic mass is 9.95. The van der Waals surface area contributed by atoms with Gasteiger partial charge in [-0.1, -0.05) is 19.3 Å². The highest BCUT2D eigenvalue weighted by atomic mass is 15.1. The second-order valence-corrected chi connectivity index (χ2v) is 5.28. The Morgan fingerprint density at radius 1 is 1.37 bits per heavy atom. The molecule has 0 amide bonds. The number of imidazole rings is 1. The molecule has 1 saturated carbocycles. The first-order valence-corrected chi connectivity index (χ1v) is 6.99. The van der Waals surface area contributed by atoms with Gasteiger partial charge in [-0.25, -0.2) is 9.98 Å². The zero-order chi connectivity index (χ0) is 13.2. The average molecular weight is 256 g/mol. The summed E-state index contributed by atoms with van der Waals surface area (Å²) in [5.74, 6) is 0.834. The van der Waals surface area contributed by atoms with Crippen LogP contribution in [-0.4, -0.2) is 21.3 Å². The number of nitrogens with zero attached hydrogens (tertiary/aromatic N) is 3. The van der Waals surface area contributed by atoms with E-state index in [1.165, 1.54) is 37.8 Å². The van der Waals surface area contributed by atoms with Gasteiger partial charge in [0.25, 0.3) is 0 Å². The predicted molar refractivity (Wildman–Crippen MR) is 78.1 cm³/mol. The van der Waals surface area contributed by atoms with Gasteiger partial charge in [-0.2, -0.15) is 0 Å². The maximum absolute atomic E-state index is 4.51. The van der Waals surface area contributed by atoms with Crippen LogP contribution in [0, 0.1) is 6.92 Å². The molecule has 2 aromatic heterocycles. The van der Waals surface area contributed by atoms with Crippen LogP contribution < -0.4 is 0 Å². The summed E-state index contributed by atoms with van der Waals surface area (Å²) in [6.07, 6.45) is 10.4.